The molecule has 0 aromatic carbocycles. The molecule has 0 aromatic heterocycles. The molecule has 2 N–H and O–H groups in total. The van der Waals surface area contributed by atoms with Gasteiger partial charge in [0.2, 0.25) is 0 Å². The summed E-state index contributed by atoms with van der Waals surface area (Å²) in [6.07, 6.45) is 0.763. The topological polar surface area (TPSA) is 134 Å². The standard InChI is InChI=1S/C26H55NO12/c1-29-7-8-31-11-12-33-15-16-35-19-20-37-23-24-39-26-25-38-22-21-36-18-17-34-14-13-32-10-9-30-6-4-27-3-2-5-28/h27-28H,2-26H2,1H3. The summed E-state index contributed by atoms with van der Waals surface area (Å²) in [5.41, 5.74) is 0. The van der Waals surface area contributed by atoms with E-state index in [1.54, 1.807) is 7.11 Å². The molecule has 0 saturated carbocycles. The molecule has 0 spiro atoms. The van der Waals surface area contributed by atoms with E-state index in [1.807, 2.05) is 0 Å². The van der Waals surface area contributed by atoms with Crippen LogP contribution in [0.4, 0.5) is 0 Å². The lowest BCUT2D eigenvalue weighted by molar-refractivity contribution is -0.0270. The van der Waals surface area contributed by atoms with Crippen molar-refractivity contribution in [3.8, 4) is 0 Å². The second kappa shape index (κ2) is 37.5. The Morgan fingerprint density at radius 2 is 0.615 bits per heavy atom. The molecule has 0 atom stereocenters. The number of aliphatic hydroxyl groups excluding tert-OH is 1. The third-order valence-corrected chi connectivity index (χ3v) is 4.71. The van der Waals surface area contributed by atoms with E-state index in [4.69, 9.17) is 57.2 Å². The maximum absolute atomic E-state index is 8.66. The molecule has 0 saturated heterocycles. The summed E-state index contributed by atoms with van der Waals surface area (Å²) in [5.74, 6) is 0. The van der Waals surface area contributed by atoms with Crippen molar-refractivity contribution >= 4 is 0 Å². The SMILES string of the molecule is COCCOCCOCCOCCOCCOCCOCCOCCOCCOCCOCCNCCCO. The van der Waals surface area contributed by atoms with Gasteiger partial charge in [-0.15, -0.1) is 0 Å². The zero-order valence-corrected chi connectivity index (χ0v) is 24.1. The van der Waals surface area contributed by atoms with Crippen LogP contribution in [0, 0.1) is 0 Å². The van der Waals surface area contributed by atoms with Crippen molar-refractivity contribution in [2.24, 2.45) is 0 Å². The third kappa shape index (κ3) is 37.5. The summed E-state index contributed by atoms with van der Waals surface area (Å²) in [5, 5.41) is 11.8. The van der Waals surface area contributed by atoms with Gasteiger partial charge in [-0.3, -0.25) is 0 Å². The molecule has 236 valence electrons. The van der Waals surface area contributed by atoms with Crippen LogP contribution >= 0.6 is 0 Å². The van der Waals surface area contributed by atoms with Crippen LogP contribution in [0.3, 0.4) is 0 Å². The Morgan fingerprint density at radius 3 is 0.872 bits per heavy atom. The van der Waals surface area contributed by atoms with Gasteiger partial charge in [0.15, 0.2) is 0 Å². The monoisotopic (exact) mass is 573 g/mol. The molecule has 0 fully saturated rings. The molecule has 0 radical (unpaired) electrons. The van der Waals surface area contributed by atoms with Crippen molar-refractivity contribution in [3.05, 3.63) is 0 Å². The van der Waals surface area contributed by atoms with Gasteiger partial charge in [-0.1, -0.05) is 0 Å². The van der Waals surface area contributed by atoms with Crippen LogP contribution in [0.25, 0.3) is 0 Å². The molecular weight excluding hydrogens is 518 g/mol. The van der Waals surface area contributed by atoms with Crippen molar-refractivity contribution in [3.63, 3.8) is 0 Å². The first-order valence-electron chi connectivity index (χ1n) is 14.0. The molecule has 0 aliphatic rings. The number of ether oxygens (including phenoxy) is 11. The zero-order valence-electron chi connectivity index (χ0n) is 24.1. The lowest BCUT2D eigenvalue weighted by Crippen LogP contribution is -2.22. The average molecular weight is 574 g/mol. The molecule has 13 nitrogen and oxygen atoms in total. The van der Waals surface area contributed by atoms with Crippen LogP contribution in [-0.2, 0) is 52.1 Å². The molecule has 39 heavy (non-hydrogen) atoms. The zero-order chi connectivity index (χ0) is 28.2. The maximum Gasteiger partial charge on any atom is 0.0701 e. The fraction of sp³-hybridized carbons (Fsp3) is 1.00. The molecule has 0 bridgehead atoms. The van der Waals surface area contributed by atoms with E-state index >= 15 is 0 Å². The Bertz CT molecular complexity index is 390. The largest absolute Gasteiger partial charge is 0.396 e. The van der Waals surface area contributed by atoms with E-state index < -0.39 is 0 Å². The molecule has 0 aliphatic heterocycles. The fourth-order valence-corrected chi connectivity index (χ4v) is 2.70. The van der Waals surface area contributed by atoms with E-state index in [-0.39, 0.29) is 6.61 Å². The van der Waals surface area contributed by atoms with E-state index in [9.17, 15) is 0 Å². The number of hydrogen-bond donors (Lipinski definition) is 2. The van der Waals surface area contributed by atoms with Crippen molar-refractivity contribution in [1.29, 1.82) is 0 Å². The van der Waals surface area contributed by atoms with E-state index in [2.05, 4.69) is 5.32 Å². The van der Waals surface area contributed by atoms with Gasteiger partial charge in [0, 0.05) is 20.3 Å². The Labute approximate surface area is 234 Å². The Hall–Kier alpha value is -0.520. The third-order valence-electron chi connectivity index (χ3n) is 4.71. The summed E-state index contributed by atoms with van der Waals surface area (Å²) in [6.45, 7) is 13.1. The minimum absolute atomic E-state index is 0.211. The van der Waals surface area contributed by atoms with Gasteiger partial charge >= 0.3 is 0 Å². The van der Waals surface area contributed by atoms with E-state index in [0.29, 0.717) is 139 Å². The molecule has 0 heterocycles. The van der Waals surface area contributed by atoms with Crippen LogP contribution in [0.1, 0.15) is 6.42 Å². The summed E-state index contributed by atoms with van der Waals surface area (Å²) in [4.78, 5) is 0. The highest BCUT2D eigenvalue weighted by Crippen LogP contribution is 1.86. The quantitative estimate of drug-likeness (QED) is 0.0957. The molecule has 0 unspecified atom stereocenters. The molecule has 0 rings (SSSR count). The fourth-order valence-electron chi connectivity index (χ4n) is 2.70. The smallest absolute Gasteiger partial charge is 0.0701 e. The highest BCUT2D eigenvalue weighted by Gasteiger charge is 1.96. The number of hydrogen-bond acceptors (Lipinski definition) is 13. The van der Waals surface area contributed by atoms with Crippen molar-refractivity contribution in [1.82, 2.24) is 5.32 Å². The van der Waals surface area contributed by atoms with Crippen LogP contribution < -0.4 is 5.32 Å². The van der Waals surface area contributed by atoms with Gasteiger partial charge in [0.1, 0.15) is 0 Å². The molecule has 0 aliphatic carbocycles. The number of nitrogens with one attached hydrogen (secondary N) is 1. The predicted octanol–water partition coefficient (Wildman–Crippen LogP) is -0.229. The van der Waals surface area contributed by atoms with Crippen LogP contribution in [-0.4, -0.2) is 171 Å². The number of methoxy groups -OCH3 is 1. The van der Waals surface area contributed by atoms with Crippen molar-refractivity contribution in [2.75, 3.05) is 166 Å². The Balaban J connectivity index is 3.01. The molecular formula is C26H55NO12. The second-order valence-corrected chi connectivity index (χ2v) is 7.94. The summed E-state index contributed by atoms with van der Waals surface area (Å²) in [7, 11) is 1.65. The number of rotatable bonds is 36. The summed E-state index contributed by atoms with van der Waals surface area (Å²) < 4.78 is 59.1. The van der Waals surface area contributed by atoms with E-state index in [0.717, 1.165) is 19.5 Å². The summed E-state index contributed by atoms with van der Waals surface area (Å²) in [6, 6.07) is 0. The molecule has 0 aromatic rings. The first kappa shape index (κ1) is 38.5. The van der Waals surface area contributed by atoms with Crippen molar-refractivity contribution in [2.45, 2.75) is 6.42 Å². The first-order valence-corrected chi connectivity index (χ1v) is 14.0. The van der Waals surface area contributed by atoms with Gasteiger partial charge < -0.3 is 62.5 Å². The average Bonchev–Trinajstić information content (AvgIpc) is 2.95. The van der Waals surface area contributed by atoms with Gasteiger partial charge in [-0.25, -0.2) is 0 Å². The maximum atomic E-state index is 8.66. The second-order valence-electron chi connectivity index (χ2n) is 7.94. The van der Waals surface area contributed by atoms with Gasteiger partial charge in [0.05, 0.1) is 139 Å². The predicted molar refractivity (Wildman–Crippen MR) is 145 cm³/mol. The Morgan fingerprint density at radius 1 is 0.359 bits per heavy atom. The highest BCUT2D eigenvalue weighted by atomic mass is 16.6. The first-order chi connectivity index (χ1) is 19.4. The normalized spacial score (nSPS) is 11.5. The number of aliphatic hydroxyl groups is 1. The molecule has 0 amide bonds. The highest BCUT2D eigenvalue weighted by molar-refractivity contribution is 4.45. The lowest BCUT2D eigenvalue weighted by Gasteiger charge is -2.09. The minimum Gasteiger partial charge on any atom is -0.396 e. The summed E-state index contributed by atoms with van der Waals surface area (Å²) >= 11 is 0. The van der Waals surface area contributed by atoms with E-state index in [1.165, 1.54) is 0 Å². The van der Waals surface area contributed by atoms with Gasteiger partial charge in [0.25, 0.3) is 0 Å². The van der Waals surface area contributed by atoms with Crippen LogP contribution in [0.2, 0.25) is 0 Å². The Kier molecular flexibility index (Phi) is 37.0. The lowest BCUT2D eigenvalue weighted by atomic mass is 10.4. The van der Waals surface area contributed by atoms with Gasteiger partial charge in [-0.05, 0) is 13.0 Å². The van der Waals surface area contributed by atoms with Crippen molar-refractivity contribution < 1.29 is 57.2 Å². The van der Waals surface area contributed by atoms with Gasteiger partial charge in [-0.2, -0.15) is 0 Å². The molecule has 13 heteroatoms. The van der Waals surface area contributed by atoms with Crippen LogP contribution in [0.15, 0.2) is 0 Å². The minimum atomic E-state index is 0.211. The van der Waals surface area contributed by atoms with Crippen LogP contribution in [0.5, 0.6) is 0 Å².